The van der Waals surface area contributed by atoms with E-state index in [1.54, 1.807) is 12.1 Å². The first kappa shape index (κ1) is 19.4. The first-order valence-electron chi connectivity index (χ1n) is 8.97. The second kappa shape index (κ2) is 8.10. The molecule has 0 saturated carbocycles. The molecule has 27 heavy (non-hydrogen) atoms. The average Bonchev–Trinajstić information content (AvgIpc) is 3.19. The van der Waals surface area contributed by atoms with Crippen molar-refractivity contribution in [1.29, 1.82) is 0 Å². The lowest BCUT2D eigenvalue weighted by atomic mass is 10.1. The maximum atomic E-state index is 12.5. The van der Waals surface area contributed by atoms with Gasteiger partial charge in [0.05, 0.1) is 4.90 Å². The van der Waals surface area contributed by atoms with Crippen LogP contribution in [0, 0.1) is 13.8 Å². The molecule has 2 aromatic carbocycles. The first-order valence-corrected chi connectivity index (χ1v) is 10.4. The van der Waals surface area contributed by atoms with E-state index in [0.29, 0.717) is 24.5 Å². The number of hydrogen-bond acceptors (Lipinski definition) is 4. The lowest BCUT2D eigenvalue weighted by Crippen LogP contribution is -2.27. The maximum absolute atomic E-state index is 12.5. The minimum Gasteiger partial charge on any atom is -0.483 e. The van der Waals surface area contributed by atoms with Crippen LogP contribution < -0.4 is 10.1 Å². The van der Waals surface area contributed by atoms with Gasteiger partial charge in [-0.05, 0) is 68.1 Å². The van der Waals surface area contributed by atoms with E-state index in [2.05, 4.69) is 5.32 Å². The fourth-order valence-electron chi connectivity index (χ4n) is 3.01. The van der Waals surface area contributed by atoms with Crippen LogP contribution in [0.5, 0.6) is 5.75 Å². The van der Waals surface area contributed by atoms with Crippen molar-refractivity contribution in [2.75, 3.05) is 25.0 Å². The van der Waals surface area contributed by atoms with E-state index in [4.69, 9.17) is 4.74 Å². The van der Waals surface area contributed by atoms with Crippen molar-refractivity contribution in [3.8, 4) is 5.75 Å². The summed E-state index contributed by atoms with van der Waals surface area (Å²) >= 11 is 0. The molecule has 0 atom stereocenters. The fraction of sp³-hybridized carbons (Fsp3) is 0.350. The summed E-state index contributed by atoms with van der Waals surface area (Å²) in [5, 5.41) is 2.72. The molecule has 0 bridgehead atoms. The monoisotopic (exact) mass is 388 g/mol. The number of benzene rings is 2. The second-order valence-corrected chi connectivity index (χ2v) is 8.61. The van der Waals surface area contributed by atoms with E-state index in [1.165, 1.54) is 16.4 Å². The summed E-state index contributed by atoms with van der Waals surface area (Å²) in [5.74, 6) is 0.378. The molecule has 0 aliphatic carbocycles. The zero-order valence-corrected chi connectivity index (χ0v) is 16.4. The molecule has 7 heteroatoms. The number of carbonyl (C=O) groups is 1. The summed E-state index contributed by atoms with van der Waals surface area (Å²) < 4.78 is 32.1. The van der Waals surface area contributed by atoms with Gasteiger partial charge in [0.2, 0.25) is 10.0 Å². The number of aryl methyl sites for hydroxylation is 1. The summed E-state index contributed by atoms with van der Waals surface area (Å²) in [4.78, 5) is 12.4. The molecule has 1 N–H and O–H groups in total. The topological polar surface area (TPSA) is 75.7 Å². The molecule has 144 valence electrons. The zero-order chi connectivity index (χ0) is 19.4. The summed E-state index contributed by atoms with van der Waals surface area (Å²) in [5.41, 5.74) is 2.63. The van der Waals surface area contributed by atoms with Crippen molar-refractivity contribution in [2.24, 2.45) is 0 Å². The third kappa shape index (κ3) is 4.48. The number of amides is 1. The van der Waals surface area contributed by atoms with Gasteiger partial charge in [-0.3, -0.25) is 4.79 Å². The van der Waals surface area contributed by atoms with Crippen LogP contribution in [0.1, 0.15) is 24.0 Å². The number of ether oxygens (including phenoxy) is 1. The van der Waals surface area contributed by atoms with Gasteiger partial charge in [0, 0.05) is 18.8 Å². The molecule has 1 aliphatic rings. The highest BCUT2D eigenvalue weighted by molar-refractivity contribution is 7.89. The Kier molecular flexibility index (Phi) is 5.82. The zero-order valence-electron chi connectivity index (χ0n) is 15.6. The molecule has 1 aliphatic heterocycles. The fourth-order valence-corrected chi connectivity index (χ4v) is 4.53. The molecule has 3 rings (SSSR count). The van der Waals surface area contributed by atoms with Crippen molar-refractivity contribution < 1.29 is 17.9 Å². The number of hydrogen-bond donors (Lipinski definition) is 1. The van der Waals surface area contributed by atoms with Gasteiger partial charge < -0.3 is 10.1 Å². The van der Waals surface area contributed by atoms with Crippen LogP contribution in [0.3, 0.4) is 0 Å². The predicted molar refractivity (Wildman–Crippen MR) is 104 cm³/mol. The summed E-state index contributed by atoms with van der Waals surface area (Å²) in [7, 11) is -3.44. The highest BCUT2D eigenvalue weighted by Crippen LogP contribution is 2.23. The van der Waals surface area contributed by atoms with E-state index >= 15 is 0 Å². The highest BCUT2D eigenvalue weighted by atomic mass is 32.2. The molecule has 1 amide bonds. The predicted octanol–water partition coefficient (Wildman–Crippen LogP) is 3.11. The Labute approximate surface area is 160 Å². The molecule has 1 heterocycles. The SMILES string of the molecule is Cc1cccc(OCC(=O)Nc2ccc(S(=O)(=O)N3CCCC3)cc2)c1C. The van der Waals surface area contributed by atoms with Gasteiger partial charge in [0.15, 0.2) is 6.61 Å². The molecule has 0 radical (unpaired) electrons. The Hall–Kier alpha value is -2.38. The summed E-state index contributed by atoms with van der Waals surface area (Å²) in [6.07, 6.45) is 1.79. The van der Waals surface area contributed by atoms with Gasteiger partial charge in [0.1, 0.15) is 5.75 Å². The Morgan fingerprint density at radius 3 is 2.41 bits per heavy atom. The second-order valence-electron chi connectivity index (χ2n) is 6.67. The number of rotatable bonds is 6. The minimum atomic E-state index is -3.44. The van der Waals surface area contributed by atoms with Gasteiger partial charge in [0.25, 0.3) is 5.91 Å². The summed E-state index contributed by atoms with van der Waals surface area (Å²) in [6, 6.07) is 11.9. The molecule has 1 fully saturated rings. The van der Waals surface area contributed by atoms with E-state index in [1.807, 2.05) is 32.0 Å². The molecule has 0 spiro atoms. The third-order valence-corrected chi connectivity index (χ3v) is 6.67. The number of nitrogens with one attached hydrogen (secondary N) is 1. The van der Waals surface area contributed by atoms with E-state index in [0.717, 1.165) is 24.0 Å². The molecular formula is C20H24N2O4S. The van der Waals surface area contributed by atoms with Crippen LogP contribution in [0.15, 0.2) is 47.4 Å². The first-order chi connectivity index (χ1) is 12.9. The third-order valence-electron chi connectivity index (χ3n) is 4.75. The van der Waals surface area contributed by atoms with Crippen molar-refractivity contribution in [3.05, 3.63) is 53.6 Å². The van der Waals surface area contributed by atoms with E-state index in [9.17, 15) is 13.2 Å². The smallest absolute Gasteiger partial charge is 0.262 e. The summed E-state index contributed by atoms with van der Waals surface area (Å²) in [6.45, 7) is 4.95. The number of nitrogens with zero attached hydrogens (tertiary/aromatic N) is 1. The van der Waals surface area contributed by atoms with Crippen LogP contribution in [0.2, 0.25) is 0 Å². The van der Waals surface area contributed by atoms with Crippen LogP contribution in [-0.2, 0) is 14.8 Å². The molecule has 0 unspecified atom stereocenters. The van der Waals surface area contributed by atoms with Crippen LogP contribution in [-0.4, -0.2) is 38.3 Å². The van der Waals surface area contributed by atoms with Crippen molar-refractivity contribution >= 4 is 21.6 Å². The normalized spacial score (nSPS) is 14.9. The van der Waals surface area contributed by atoms with Crippen LogP contribution in [0.4, 0.5) is 5.69 Å². The lowest BCUT2D eigenvalue weighted by molar-refractivity contribution is -0.118. The minimum absolute atomic E-state index is 0.113. The highest BCUT2D eigenvalue weighted by Gasteiger charge is 2.26. The van der Waals surface area contributed by atoms with Gasteiger partial charge in [-0.25, -0.2) is 8.42 Å². The van der Waals surface area contributed by atoms with Crippen LogP contribution in [0.25, 0.3) is 0 Å². The molecule has 6 nitrogen and oxygen atoms in total. The molecule has 2 aromatic rings. The van der Waals surface area contributed by atoms with Crippen LogP contribution >= 0.6 is 0 Å². The van der Waals surface area contributed by atoms with Crippen molar-refractivity contribution in [1.82, 2.24) is 4.31 Å². The largest absolute Gasteiger partial charge is 0.483 e. The Balaban J connectivity index is 1.59. The lowest BCUT2D eigenvalue weighted by Gasteiger charge is -2.15. The Morgan fingerprint density at radius 1 is 1.07 bits per heavy atom. The van der Waals surface area contributed by atoms with E-state index < -0.39 is 10.0 Å². The molecule has 0 aromatic heterocycles. The van der Waals surface area contributed by atoms with Gasteiger partial charge in [-0.15, -0.1) is 0 Å². The van der Waals surface area contributed by atoms with Gasteiger partial charge in [-0.1, -0.05) is 12.1 Å². The van der Waals surface area contributed by atoms with Crippen molar-refractivity contribution in [3.63, 3.8) is 0 Å². The quantitative estimate of drug-likeness (QED) is 0.825. The van der Waals surface area contributed by atoms with Crippen molar-refractivity contribution in [2.45, 2.75) is 31.6 Å². The number of carbonyl (C=O) groups excluding carboxylic acids is 1. The van der Waals surface area contributed by atoms with Gasteiger partial charge in [-0.2, -0.15) is 4.31 Å². The molecular weight excluding hydrogens is 364 g/mol. The molecule has 1 saturated heterocycles. The van der Waals surface area contributed by atoms with Gasteiger partial charge >= 0.3 is 0 Å². The average molecular weight is 388 g/mol. The number of anilines is 1. The maximum Gasteiger partial charge on any atom is 0.262 e. The number of sulfonamides is 1. The Morgan fingerprint density at radius 2 is 1.74 bits per heavy atom. The van der Waals surface area contributed by atoms with E-state index in [-0.39, 0.29) is 17.4 Å². The Bertz CT molecular complexity index is 917. The standard InChI is InChI=1S/C20H24N2O4S/c1-15-6-5-7-19(16(15)2)26-14-20(23)21-17-8-10-18(11-9-17)27(24,25)22-12-3-4-13-22/h5-11H,3-4,12-14H2,1-2H3,(H,21,23).